The van der Waals surface area contributed by atoms with Gasteiger partial charge < -0.3 is 9.80 Å². The molecule has 1 atom stereocenters. The largest absolute Gasteiger partial charge is 0.301 e. The monoisotopic (exact) mass is 385 g/mol. The van der Waals surface area contributed by atoms with Crippen molar-refractivity contribution in [2.45, 2.75) is 13.8 Å². The molecule has 0 aromatic heterocycles. The number of hydrogen-bond acceptors (Lipinski definition) is 4. The molecule has 0 spiro atoms. The van der Waals surface area contributed by atoms with Gasteiger partial charge in [0.05, 0.1) is 0 Å². The summed E-state index contributed by atoms with van der Waals surface area (Å²) < 4.78 is 26.9. The lowest BCUT2D eigenvalue weighted by molar-refractivity contribution is 0.125. The first-order valence-electron chi connectivity index (χ1n) is 8.76. The van der Waals surface area contributed by atoms with Crippen molar-refractivity contribution in [1.82, 2.24) is 14.5 Å². The number of hydrogen-bond donors (Lipinski definition) is 1. The Hall–Kier alpha value is -0.920. The quantitative estimate of drug-likeness (QED) is 0.747. The first-order chi connectivity index (χ1) is 11.9. The lowest BCUT2D eigenvalue weighted by atomic mass is 10.1. The maximum atomic E-state index is 12.1. The van der Waals surface area contributed by atoms with Crippen LogP contribution in [0, 0.1) is 5.92 Å². The summed E-state index contributed by atoms with van der Waals surface area (Å²) in [4.78, 5) is 4.85. The third-order valence-corrected chi connectivity index (χ3v) is 5.74. The Morgan fingerprint density at radius 2 is 1.76 bits per heavy atom. The molecule has 5 nitrogen and oxygen atoms in total. The van der Waals surface area contributed by atoms with Crippen LogP contribution < -0.4 is 4.72 Å². The molecular formula is C18H28ClN3O2S. The molecule has 1 saturated heterocycles. The zero-order chi connectivity index (χ0) is 18.3. The fourth-order valence-corrected chi connectivity index (χ4v) is 3.92. The van der Waals surface area contributed by atoms with Crippen LogP contribution >= 0.6 is 11.6 Å². The summed E-state index contributed by atoms with van der Waals surface area (Å²) in [7, 11) is -3.43. The van der Waals surface area contributed by atoms with Crippen LogP contribution in [0.15, 0.2) is 29.7 Å². The molecule has 0 bridgehead atoms. The van der Waals surface area contributed by atoms with E-state index in [0.717, 1.165) is 44.8 Å². The van der Waals surface area contributed by atoms with Gasteiger partial charge in [0.2, 0.25) is 10.0 Å². The fraction of sp³-hybridized carbons (Fsp3) is 0.556. The van der Waals surface area contributed by atoms with Gasteiger partial charge in [-0.05, 0) is 36.2 Å². The maximum Gasteiger partial charge on any atom is 0.233 e. The maximum absolute atomic E-state index is 12.1. The van der Waals surface area contributed by atoms with E-state index < -0.39 is 10.0 Å². The van der Waals surface area contributed by atoms with Crippen LogP contribution in [0.3, 0.4) is 0 Å². The van der Waals surface area contributed by atoms with E-state index in [-0.39, 0.29) is 5.92 Å². The average Bonchev–Trinajstić information content (AvgIpc) is 2.60. The van der Waals surface area contributed by atoms with Crippen LogP contribution in [0.25, 0.3) is 6.08 Å². The number of nitrogens with zero attached hydrogens (tertiary/aromatic N) is 2. The van der Waals surface area contributed by atoms with Gasteiger partial charge in [0.25, 0.3) is 0 Å². The molecule has 1 aliphatic heterocycles. The normalized spacial score (nSPS) is 18.7. The predicted octanol–water partition coefficient (Wildman–Crippen LogP) is 2.50. The lowest BCUT2D eigenvalue weighted by Gasteiger charge is -2.35. The highest BCUT2D eigenvalue weighted by Gasteiger charge is 2.18. The Morgan fingerprint density at radius 1 is 1.16 bits per heavy atom. The summed E-state index contributed by atoms with van der Waals surface area (Å²) in [6, 6.07) is 7.04. The Balaban J connectivity index is 1.76. The summed E-state index contributed by atoms with van der Waals surface area (Å²) >= 11 is 5.82. The number of benzene rings is 1. The highest BCUT2D eigenvalue weighted by molar-refractivity contribution is 7.92. The molecule has 7 heteroatoms. The molecule has 0 amide bonds. The van der Waals surface area contributed by atoms with Crippen LogP contribution in [-0.4, -0.2) is 64.0 Å². The van der Waals surface area contributed by atoms with E-state index in [0.29, 0.717) is 11.6 Å². The molecular weight excluding hydrogens is 358 g/mol. The number of rotatable bonds is 8. The van der Waals surface area contributed by atoms with Gasteiger partial charge in [-0.1, -0.05) is 37.6 Å². The molecule has 25 heavy (non-hydrogen) atoms. The highest BCUT2D eigenvalue weighted by Crippen LogP contribution is 2.11. The molecule has 0 aliphatic carbocycles. The molecule has 0 radical (unpaired) electrons. The first-order valence-corrected chi connectivity index (χ1v) is 10.7. The van der Waals surface area contributed by atoms with Gasteiger partial charge in [-0.25, -0.2) is 13.1 Å². The van der Waals surface area contributed by atoms with E-state index in [1.807, 2.05) is 0 Å². The molecule has 1 unspecified atom stereocenters. The number of likely N-dealkylation sites (N-methyl/N-ethyl adjacent to an activating group) is 1. The topological polar surface area (TPSA) is 52.6 Å². The van der Waals surface area contributed by atoms with Gasteiger partial charge in [0.1, 0.15) is 0 Å². The SMILES string of the molecule is CCN1CCN(CC(C)CNS(=O)(=O)C=Cc2ccc(Cl)cc2)CC1. The number of piperazine rings is 1. The lowest BCUT2D eigenvalue weighted by Crippen LogP contribution is -2.48. The molecule has 140 valence electrons. The van der Waals surface area contributed by atoms with Gasteiger partial charge in [-0.3, -0.25) is 0 Å². The molecule has 1 aliphatic rings. The van der Waals surface area contributed by atoms with E-state index in [4.69, 9.17) is 11.6 Å². The van der Waals surface area contributed by atoms with Crippen molar-refractivity contribution < 1.29 is 8.42 Å². The van der Waals surface area contributed by atoms with E-state index in [1.54, 1.807) is 30.3 Å². The minimum atomic E-state index is -3.43. The summed E-state index contributed by atoms with van der Waals surface area (Å²) in [5, 5.41) is 1.84. The average molecular weight is 386 g/mol. The van der Waals surface area contributed by atoms with Crippen LogP contribution in [0.1, 0.15) is 19.4 Å². The van der Waals surface area contributed by atoms with Gasteiger partial charge in [0, 0.05) is 49.7 Å². The van der Waals surface area contributed by atoms with Crippen LogP contribution in [0.4, 0.5) is 0 Å². The van der Waals surface area contributed by atoms with Crippen molar-refractivity contribution in [3.63, 3.8) is 0 Å². The molecule has 1 aromatic rings. The summed E-state index contributed by atoms with van der Waals surface area (Å²) in [5.74, 6) is 0.270. The van der Waals surface area contributed by atoms with Gasteiger partial charge in [-0.2, -0.15) is 0 Å². The standard InChI is InChI=1S/C18H28ClN3O2S/c1-3-21-9-11-22(12-10-21)15-16(2)14-20-25(23,24)13-8-17-4-6-18(19)7-5-17/h4-8,13,16,20H,3,9-12,14-15H2,1-2H3. The van der Waals surface area contributed by atoms with Crippen LogP contribution in [0.5, 0.6) is 0 Å². The van der Waals surface area contributed by atoms with Gasteiger partial charge >= 0.3 is 0 Å². The smallest absolute Gasteiger partial charge is 0.233 e. The Morgan fingerprint density at radius 3 is 2.36 bits per heavy atom. The summed E-state index contributed by atoms with van der Waals surface area (Å²) in [6.45, 7) is 11.0. The minimum absolute atomic E-state index is 0.270. The summed E-state index contributed by atoms with van der Waals surface area (Å²) in [6.07, 6.45) is 1.58. The fourth-order valence-electron chi connectivity index (χ4n) is 2.84. The molecule has 1 fully saturated rings. The van der Waals surface area contributed by atoms with Crippen LogP contribution in [-0.2, 0) is 10.0 Å². The first kappa shape index (κ1) is 20.4. The van der Waals surface area contributed by atoms with Crippen molar-refractivity contribution >= 4 is 27.7 Å². The van der Waals surface area contributed by atoms with Crippen LogP contribution in [0.2, 0.25) is 5.02 Å². The molecule has 1 heterocycles. The van der Waals surface area contributed by atoms with Crippen molar-refractivity contribution in [3.05, 3.63) is 40.3 Å². The van der Waals surface area contributed by atoms with Gasteiger partial charge in [-0.15, -0.1) is 0 Å². The van der Waals surface area contributed by atoms with Crippen molar-refractivity contribution in [1.29, 1.82) is 0 Å². The zero-order valence-electron chi connectivity index (χ0n) is 15.0. The Kier molecular flexibility index (Phi) is 7.90. The Bertz CT molecular complexity index is 653. The number of sulfonamides is 1. The zero-order valence-corrected chi connectivity index (χ0v) is 16.6. The molecule has 2 rings (SSSR count). The molecule has 1 N–H and O–H groups in total. The highest BCUT2D eigenvalue weighted by atomic mass is 35.5. The van der Waals surface area contributed by atoms with Crippen molar-refractivity contribution in [2.24, 2.45) is 5.92 Å². The summed E-state index contributed by atoms with van der Waals surface area (Å²) in [5.41, 5.74) is 0.802. The second kappa shape index (κ2) is 9.69. The van der Waals surface area contributed by atoms with E-state index >= 15 is 0 Å². The second-order valence-electron chi connectivity index (χ2n) is 6.59. The third-order valence-electron chi connectivity index (χ3n) is 4.42. The second-order valence-corrected chi connectivity index (χ2v) is 8.68. The van der Waals surface area contributed by atoms with Gasteiger partial charge in [0.15, 0.2) is 0 Å². The predicted molar refractivity (Wildman–Crippen MR) is 105 cm³/mol. The van der Waals surface area contributed by atoms with E-state index in [1.165, 1.54) is 5.41 Å². The molecule has 0 saturated carbocycles. The molecule has 1 aromatic carbocycles. The van der Waals surface area contributed by atoms with E-state index in [2.05, 4.69) is 28.4 Å². The van der Waals surface area contributed by atoms with E-state index in [9.17, 15) is 8.42 Å². The Labute approximate surface area is 156 Å². The van der Waals surface area contributed by atoms with Crippen molar-refractivity contribution in [2.75, 3.05) is 45.8 Å². The minimum Gasteiger partial charge on any atom is -0.301 e. The third kappa shape index (κ3) is 7.46. The van der Waals surface area contributed by atoms with Crippen molar-refractivity contribution in [3.8, 4) is 0 Å². The number of halogens is 1. The number of nitrogens with one attached hydrogen (secondary N) is 1.